The van der Waals surface area contributed by atoms with Crippen LogP contribution in [0.2, 0.25) is 10.0 Å². The van der Waals surface area contributed by atoms with Crippen molar-refractivity contribution in [3.05, 3.63) is 87.9 Å². The van der Waals surface area contributed by atoms with E-state index in [1.54, 1.807) is 30.3 Å². The van der Waals surface area contributed by atoms with Gasteiger partial charge >= 0.3 is 0 Å². The number of amides is 1. The predicted molar refractivity (Wildman–Crippen MR) is 113 cm³/mol. The van der Waals surface area contributed by atoms with Gasteiger partial charge in [-0.05, 0) is 48.9 Å². The molecular formula is C20H16Cl2N2O3S. The lowest BCUT2D eigenvalue weighted by Gasteiger charge is -2.13. The number of carbonyl (C=O) groups excluding carboxylic acids is 1. The summed E-state index contributed by atoms with van der Waals surface area (Å²) < 4.78 is 27.9. The van der Waals surface area contributed by atoms with E-state index >= 15 is 0 Å². The molecule has 0 radical (unpaired) electrons. The second kappa shape index (κ2) is 8.22. The van der Waals surface area contributed by atoms with Gasteiger partial charge in [-0.3, -0.25) is 9.52 Å². The summed E-state index contributed by atoms with van der Waals surface area (Å²) in [7, 11) is -4.02. The number of aryl methyl sites for hydroxylation is 1. The molecule has 144 valence electrons. The summed E-state index contributed by atoms with van der Waals surface area (Å²) in [4.78, 5) is 12.3. The van der Waals surface area contributed by atoms with Gasteiger partial charge in [0.2, 0.25) is 0 Å². The summed E-state index contributed by atoms with van der Waals surface area (Å²) in [5.41, 5.74) is 1.84. The molecule has 0 aliphatic rings. The number of sulfonamides is 1. The Bertz CT molecular complexity index is 1150. The summed E-state index contributed by atoms with van der Waals surface area (Å²) in [6.45, 7) is 1.82. The van der Waals surface area contributed by atoms with Gasteiger partial charge in [-0.25, -0.2) is 8.42 Å². The highest BCUT2D eigenvalue weighted by atomic mass is 35.5. The molecule has 2 N–H and O–H groups in total. The minimum atomic E-state index is -4.02. The standard InChI is InChI=1S/C20H16Cl2N2O3S/c1-13-6-2-3-7-15(13)20(25)23-14-10-11-17(22)19(12-14)28(26,27)24-18-9-5-4-8-16(18)21/h2-12,24H,1H3,(H,23,25). The number of halogens is 2. The molecule has 0 bridgehead atoms. The van der Waals surface area contributed by atoms with Gasteiger partial charge in [0.15, 0.2) is 0 Å². The molecule has 3 aromatic rings. The van der Waals surface area contributed by atoms with Crippen molar-refractivity contribution in [1.82, 2.24) is 0 Å². The Hall–Kier alpha value is -2.54. The molecule has 0 aliphatic carbocycles. The number of nitrogens with one attached hydrogen (secondary N) is 2. The SMILES string of the molecule is Cc1ccccc1C(=O)Nc1ccc(Cl)c(S(=O)(=O)Nc2ccccc2Cl)c1. The Kier molecular flexibility index (Phi) is 5.93. The molecule has 8 heteroatoms. The molecule has 0 aliphatic heterocycles. The molecule has 0 aromatic heterocycles. The fourth-order valence-electron chi connectivity index (χ4n) is 2.56. The van der Waals surface area contributed by atoms with Crippen molar-refractivity contribution >= 4 is 50.5 Å². The second-order valence-corrected chi connectivity index (χ2v) is 8.46. The van der Waals surface area contributed by atoms with Gasteiger partial charge in [0, 0.05) is 11.3 Å². The number of anilines is 2. The fraction of sp³-hybridized carbons (Fsp3) is 0.0500. The number of hydrogen-bond acceptors (Lipinski definition) is 3. The zero-order valence-electron chi connectivity index (χ0n) is 14.7. The monoisotopic (exact) mass is 434 g/mol. The topological polar surface area (TPSA) is 75.3 Å². The summed E-state index contributed by atoms with van der Waals surface area (Å²) in [5, 5.41) is 2.98. The molecule has 3 rings (SSSR count). The first-order chi connectivity index (χ1) is 13.3. The molecule has 0 atom stereocenters. The molecule has 5 nitrogen and oxygen atoms in total. The number of rotatable bonds is 5. The molecule has 28 heavy (non-hydrogen) atoms. The first-order valence-electron chi connectivity index (χ1n) is 8.22. The summed E-state index contributed by atoms with van der Waals surface area (Å²) in [6.07, 6.45) is 0. The van der Waals surface area contributed by atoms with Crippen LogP contribution in [0.4, 0.5) is 11.4 Å². The van der Waals surface area contributed by atoms with Crippen LogP contribution < -0.4 is 10.0 Å². The van der Waals surface area contributed by atoms with Crippen molar-refractivity contribution in [3.63, 3.8) is 0 Å². The molecule has 0 unspecified atom stereocenters. The average molecular weight is 435 g/mol. The van der Waals surface area contributed by atoms with Crippen LogP contribution in [0.1, 0.15) is 15.9 Å². The van der Waals surface area contributed by atoms with Gasteiger partial charge < -0.3 is 5.32 Å². The van der Waals surface area contributed by atoms with Crippen LogP contribution in [-0.4, -0.2) is 14.3 Å². The van der Waals surface area contributed by atoms with E-state index in [9.17, 15) is 13.2 Å². The normalized spacial score (nSPS) is 11.1. The molecule has 1 amide bonds. The van der Waals surface area contributed by atoms with E-state index in [4.69, 9.17) is 23.2 Å². The van der Waals surface area contributed by atoms with Crippen molar-refractivity contribution < 1.29 is 13.2 Å². The zero-order valence-corrected chi connectivity index (χ0v) is 17.1. The van der Waals surface area contributed by atoms with E-state index in [-0.39, 0.29) is 26.5 Å². The average Bonchev–Trinajstić information content (AvgIpc) is 2.65. The first kappa shape index (κ1) is 20.2. The molecule has 0 heterocycles. The van der Waals surface area contributed by atoms with Crippen LogP contribution in [0.3, 0.4) is 0 Å². The highest BCUT2D eigenvalue weighted by Crippen LogP contribution is 2.29. The van der Waals surface area contributed by atoms with Crippen LogP contribution in [0.15, 0.2) is 71.6 Å². The van der Waals surface area contributed by atoms with Gasteiger partial charge in [-0.1, -0.05) is 53.5 Å². The van der Waals surface area contributed by atoms with E-state index < -0.39 is 10.0 Å². The highest BCUT2D eigenvalue weighted by molar-refractivity contribution is 7.92. The van der Waals surface area contributed by atoms with Crippen molar-refractivity contribution in [3.8, 4) is 0 Å². The van der Waals surface area contributed by atoms with E-state index in [0.717, 1.165) is 5.56 Å². The lowest BCUT2D eigenvalue weighted by molar-refractivity contribution is 0.102. The summed E-state index contributed by atoms with van der Waals surface area (Å²) in [5.74, 6) is -0.345. The number of hydrogen-bond donors (Lipinski definition) is 2. The lowest BCUT2D eigenvalue weighted by atomic mass is 10.1. The Labute approximate surface area is 173 Å². The van der Waals surface area contributed by atoms with Gasteiger partial charge in [-0.15, -0.1) is 0 Å². The number of para-hydroxylation sites is 1. The Morgan fingerprint density at radius 2 is 1.57 bits per heavy atom. The van der Waals surface area contributed by atoms with Gasteiger partial charge in [-0.2, -0.15) is 0 Å². The quantitative estimate of drug-likeness (QED) is 0.567. The zero-order chi connectivity index (χ0) is 20.3. The second-order valence-electron chi connectivity index (χ2n) is 6.00. The highest BCUT2D eigenvalue weighted by Gasteiger charge is 2.20. The van der Waals surface area contributed by atoms with Crippen LogP contribution >= 0.6 is 23.2 Å². The summed E-state index contributed by atoms with van der Waals surface area (Å²) in [6, 6.07) is 17.8. The van der Waals surface area contributed by atoms with Crippen molar-refractivity contribution in [2.24, 2.45) is 0 Å². The fourth-order valence-corrected chi connectivity index (χ4v) is 4.40. The van der Waals surface area contributed by atoms with Crippen molar-refractivity contribution in [2.75, 3.05) is 10.0 Å². The van der Waals surface area contributed by atoms with Crippen LogP contribution in [0, 0.1) is 6.92 Å². The maximum atomic E-state index is 12.8. The smallest absolute Gasteiger partial charge is 0.263 e. The largest absolute Gasteiger partial charge is 0.322 e. The number of benzene rings is 3. The molecule has 0 saturated heterocycles. The van der Waals surface area contributed by atoms with Gasteiger partial charge in [0.1, 0.15) is 4.90 Å². The van der Waals surface area contributed by atoms with Crippen LogP contribution in [0.5, 0.6) is 0 Å². The maximum absolute atomic E-state index is 12.8. The third-order valence-electron chi connectivity index (χ3n) is 3.99. The van der Waals surface area contributed by atoms with E-state index in [2.05, 4.69) is 10.0 Å². The lowest BCUT2D eigenvalue weighted by Crippen LogP contribution is -2.16. The molecule has 3 aromatic carbocycles. The van der Waals surface area contributed by atoms with E-state index in [0.29, 0.717) is 11.3 Å². The molecule has 0 spiro atoms. The Morgan fingerprint density at radius 1 is 0.893 bits per heavy atom. The molecular weight excluding hydrogens is 419 g/mol. The van der Waals surface area contributed by atoms with Crippen molar-refractivity contribution in [1.29, 1.82) is 0 Å². The predicted octanol–water partition coefficient (Wildman–Crippen LogP) is 5.35. The Balaban J connectivity index is 1.90. The van der Waals surface area contributed by atoms with E-state index in [1.807, 2.05) is 19.1 Å². The summed E-state index contributed by atoms with van der Waals surface area (Å²) >= 11 is 12.1. The Morgan fingerprint density at radius 3 is 2.29 bits per heavy atom. The molecule has 0 saturated carbocycles. The van der Waals surface area contributed by atoms with Crippen LogP contribution in [-0.2, 0) is 10.0 Å². The number of carbonyl (C=O) groups is 1. The minimum absolute atomic E-state index is 0.0217. The van der Waals surface area contributed by atoms with E-state index in [1.165, 1.54) is 24.3 Å². The minimum Gasteiger partial charge on any atom is -0.322 e. The van der Waals surface area contributed by atoms with Gasteiger partial charge in [0.25, 0.3) is 15.9 Å². The first-order valence-corrected chi connectivity index (χ1v) is 10.5. The third kappa shape index (κ3) is 4.47. The molecule has 0 fully saturated rings. The third-order valence-corrected chi connectivity index (χ3v) is 6.16. The van der Waals surface area contributed by atoms with Crippen LogP contribution in [0.25, 0.3) is 0 Å². The maximum Gasteiger partial charge on any atom is 0.263 e. The van der Waals surface area contributed by atoms with Gasteiger partial charge in [0.05, 0.1) is 15.7 Å². The van der Waals surface area contributed by atoms with Crippen molar-refractivity contribution in [2.45, 2.75) is 11.8 Å².